The molecule has 0 spiro atoms. The number of aromatic nitrogens is 4. The SMILES string of the molecule is CCN(c1ccccc1)c1cc(C(=O)N2CCN(c3ncccn3)CC2)ncn1. The Bertz CT molecular complexity index is 944. The van der Waals surface area contributed by atoms with Crippen LogP contribution in [0.5, 0.6) is 0 Å². The van der Waals surface area contributed by atoms with Gasteiger partial charge >= 0.3 is 0 Å². The second kappa shape index (κ2) is 8.64. The van der Waals surface area contributed by atoms with Gasteiger partial charge in [0.25, 0.3) is 5.91 Å². The van der Waals surface area contributed by atoms with Crippen molar-refractivity contribution in [1.82, 2.24) is 24.8 Å². The molecule has 29 heavy (non-hydrogen) atoms. The minimum absolute atomic E-state index is 0.0774. The van der Waals surface area contributed by atoms with Crippen molar-refractivity contribution in [3.05, 3.63) is 66.9 Å². The van der Waals surface area contributed by atoms with E-state index in [1.165, 1.54) is 6.33 Å². The number of hydrogen-bond acceptors (Lipinski definition) is 7. The highest BCUT2D eigenvalue weighted by molar-refractivity contribution is 5.93. The molecular formula is C21H23N7O. The van der Waals surface area contributed by atoms with Crippen LogP contribution >= 0.6 is 0 Å². The van der Waals surface area contributed by atoms with E-state index >= 15 is 0 Å². The molecule has 1 aromatic carbocycles. The van der Waals surface area contributed by atoms with Gasteiger partial charge in [0, 0.05) is 56.9 Å². The Morgan fingerprint density at radius 2 is 1.69 bits per heavy atom. The van der Waals surface area contributed by atoms with Crippen molar-refractivity contribution in [2.45, 2.75) is 6.92 Å². The van der Waals surface area contributed by atoms with Crippen LogP contribution < -0.4 is 9.80 Å². The van der Waals surface area contributed by atoms with E-state index in [1.54, 1.807) is 24.5 Å². The van der Waals surface area contributed by atoms with Gasteiger partial charge < -0.3 is 14.7 Å². The zero-order chi connectivity index (χ0) is 20.1. The second-order valence-electron chi connectivity index (χ2n) is 6.67. The van der Waals surface area contributed by atoms with Crippen LogP contribution in [0, 0.1) is 0 Å². The Hall–Kier alpha value is -3.55. The molecule has 3 heterocycles. The highest BCUT2D eigenvalue weighted by atomic mass is 16.2. The molecule has 1 fully saturated rings. The molecule has 1 aliphatic rings. The second-order valence-corrected chi connectivity index (χ2v) is 6.67. The van der Waals surface area contributed by atoms with E-state index in [0.29, 0.717) is 43.6 Å². The van der Waals surface area contributed by atoms with Gasteiger partial charge in [0.05, 0.1) is 0 Å². The standard InChI is InChI=1S/C21H23N7O/c1-2-28(17-7-4-3-5-8-17)19-15-18(24-16-25-19)20(29)26-11-13-27(14-12-26)21-22-9-6-10-23-21/h3-10,15-16H,2,11-14H2,1H3. The summed E-state index contributed by atoms with van der Waals surface area (Å²) in [6, 6.07) is 13.6. The Balaban J connectivity index is 1.46. The van der Waals surface area contributed by atoms with Crippen molar-refractivity contribution in [3.63, 3.8) is 0 Å². The largest absolute Gasteiger partial charge is 0.337 e. The Kier molecular flexibility index (Phi) is 5.60. The number of nitrogens with zero attached hydrogens (tertiary/aromatic N) is 7. The van der Waals surface area contributed by atoms with Crippen molar-refractivity contribution >= 4 is 23.4 Å². The third kappa shape index (κ3) is 4.16. The Morgan fingerprint density at radius 1 is 0.966 bits per heavy atom. The number of benzene rings is 1. The van der Waals surface area contributed by atoms with Gasteiger partial charge in [-0.1, -0.05) is 18.2 Å². The molecule has 3 aromatic rings. The fraction of sp³-hybridized carbons (Fsp3) is 0.286. The van der Waals surface area contributed by atoms with Gasteiger partial charge in [-0.2, -0.15) is 0 Å². The lowest BCUT2D eigenvalue weighted by molar-refractivity contribution is 0.0740. The van der Waals surface area contributed by atoms with Crippen LogP contribution in [0.2, 0.25) is 0 Å². The van der Waals surface area contributed by atoms with Gasteiger partial charge in [0.1, 0.15) is 17.8 Å². The molecule has 0 aliphatic carbocycles. The van der Waals surface area contributed by atoms with Crippen LogP contribution in [-0.2, 0) is 0 Å². The summed E-state index contributed by atoms with van der Waals surface area (Å²) in [5, 5.41) is 0. The van der Waals surface area contributed by atoms with Crippen LogP contribution in [0.3, 0.4) is 0 Å². The third-order valence-electron chi connectivity index (χ3n) is 4.93. The van der Waals surface area contributed by atoms with Crippen LogP contribution in [-0.4, -0.2) is 63.5 Å². The minimum Gasteiger partial charge on any atom is -0.337 e. The molecule has 0 N–H and O–H groups in total. The van der Waals surface area contributed by atoms with Gasteiger partial charge in [-0.15, -0.1) is 0 Å². The van der Waals surface area contributed by atoms with Crippen LogP contribution in [0.15, 0.2) is 61.2 Å². The summed E-state index contributed by atoms with van der Waals surface area (Å²) >= 11 is 0. The number of amides is 1. The summed E-state index contributed by atoms with van der Waals surface area (Å²) in [6.45, 7) is 5.39. The average Bonchev–Trinajstić information content (AvgIpc) is 2.81. The van der Waals surface area contributed by atoms with Gasteiger partial charge in [0.2, 0.25) is 5.95 Å². The summed E-state index contributed by atoms with van der Waals surface area (Å²) in [4.78, 5) is 36.2. The van der Waals surface area contributed by atoms with E-state index in [4.69, 9.17) is 0 Å². The zero-order valence-corrected chi connectivity index (χ0v) is 16.3. The molecule has 4 rings (SSSR count). The van der Waals surface area contributed by atoms with Crippen LogP contribution in [0.4, 0.5) is 17.5 Å². The molecule has 2 aromatic heterocycles. The maximum absolute atomic E-state index is 13.0. The predicted octanol–water partition coefficient (Wildman–Crippen LogP) is 2.39. The molecule has 1 amide bonds. The zero-order valence-electron chi connectivity index (χ0n) is 16.3. The van der Waals surface area contributed by atoms with Crippen molar-refractivity contribution < 1.29 is 4.79 Å². The minimum atomic E-state index is -0.0774. The van der Waals surface area contributed by atoms with Crippen LogP contribution in [0.1, 0.15) is 17.4 Å². The molecule has 0 atom stereocenters. The highest BCUT2D eigenvalue weighted by Crippen LogP contribution is 2.23. The van der Waals surface area contributed by atoms with E-state index < -0.39 is 0 Å². The number of carbonyl (C=O) groups is 1. The Morgan fingerprint density at radius 3 is 2.38 bits per heavy atom. The van der Waals surface area contributed by atoms with Gasteiger partial charge in [-0.05, 0) is 25.1 Å². The number of carbonyl (C=O) groups excluding carboxylic acids is 1. The first-order valence-corrected chi connectivity index (χ1v) is 9.72. The highest BCUT2D eigenvalue weighted by Gasteiger charge is 2.25. The smallest absolute Gasteiger partial charge is 0.272 e. The first-order chi connectivity index (χ1) is 14.3. The fourth-order valence-corrected chi connectivity index (χ4v) is 3.42. The quantitative estimate of drug-likeness (QED) is 0.663. The number of piperazine rings is 1. The van der Waals surface area contributed by atoms with E-state index in [0.717, 1.165) is 12.2 Å². The summed E-state index contributed by atoms with van der Waals surface area (Å²) in [6.07, 6.45) is 4.92. The lowest BCUT2D eigenvalue weighted by Gasteiger charge is -2.34. The van der Waals surface area contributed by atoms with Gasteiger partial charge in [0.15, 0.2) is 0 Å². The molecule has 1 saturated heterocycles. The lowest BCUT2D eigenvalue weighted by atomic mass is 10.2. The van der Waals surface area contributed by atoms with Crippen molar-refractivity contribution in [2.75, 3.05) is 42.5 Å². The summed E-state index contributed by atoms with van der Waals surface area (Å²) in [7, 11) is 0. The number of hydrogen-bond donors (Lipinski definition) is 0. The molecule has 0 bridgehead atoms. The van der Waals surface area contributed by atoms with Crippen molar-refractivity contribution in [2.24, 2.45) is 0 Å². The third-order valence-corrected chi connectivity index (χ3v) is 4.93. The topological polar surface area (TPSA) is 78.4 Å². The van der Waals surface area contributed by atoms with Crippen LogP contribution in [0.25, 0.3) is 0 Å². The first kappa shape index (κ1) is 18.8. The number of rotatable bonds is 5. The average molecular weight is 389 g/mol. The monoisotopic (exact) mass is 389 g/mol. The van der Waals surface area contributed by atoms with Gasteiger partial charge in [-0.25, -0.2) is 19.9 Å². The van der Waals surface area contributed by atoms with E-state index in [2.05, 4.69) is 36.7 Å². The number of anilines is 3. The molecule has 0 radical (unpaired) electrons. The normalized spacial score (nSPS) is 14.0. The summed E-state index contributed by atoms with van der Waals surface area (Å²) in [5.74, 6) is 1.34. The maximum Gasteiger partial charge on any atom is 0.272 e. The molecule has 8 heteroatoms. The van der Waals surface area contributed by atoms with Gasteiger partial charge in [-0.3, -0.25) is 4.79 Å². The lowest BCUT2D eigenvalue weighted by Crippen LogP contribution is -2.49. The fourth-order valence-electron chi connectivity index (χ4n) is 3.42. The molecule has 0 unspecified atom stereocenters. The predicted molar refractivity (Wildman–Crippen MR) is 111 cm³/mol. The number of para-hydroxylation sites is 1. The molecule has 8 nitrogen and oxygen atoms in total. The first-order valence-electron chi connectivity index (χ1n) is 9.72. The van der Waals surface area contributed by atoms with E-state index in [9.17, 15) is 4.79 Å². The van der Waals surface area contributed by atoms with Crippen molar-refractivity contribution in [1.29, 1.82) is 0 Å². The maximum atomic E-state index is 13.0. The molecule has 0 saturated carbocycles. The molecule has 1 aliphatic heterocycles. The van der Waals surface area contributed by atoms with E-state index in [-0.39, 0.29) is 5.91 Å². The Labute approximate surface area is 169 Å². The summed E-state index contributed by atoms with van der Waals surface area (Å²) in [5.41, 5.74) is 1.44. The van der Waals surface area contributed by atoms with E-state index in [1.807, 2.05) is 35.2 Å². The molecular weight excluding hydrogens is 366 g/mol. The molecule has 148 valence electrons. The van der Waals surface area contributed by atoms with Crippen molar-refractivity contribution in [3.8, 4) is 0 Å². The summed E-state index contributed by atoms with van der Waals surface area (Å²) < 4.78 is 0.